The zero-order valence-corrected chi connectivity index (χ0v) is 15.8. The van der Waals surface area contributed by atoms with Crippen molar-refractivity contribution in [3.8, 4) is 17.6 Å². The van der Waals surface area contributed by atoms with Crippen LogP contribution in [0.1, 0.15) is 21.1 Å². The van der Waals surface area contributed by atoms with Crippen LogP contribution in [0.25, 0.3) is 5.57 Å². The fourth-order valence-electron chi connectivity index (χ4n) is 2.22. The van der Waals surface area contributed by atoms with E-state index in [0.29, 0.717) is 0 Å². The summed E-state index contributed by atoms with van der Waals surface area (Å²) >= 11 is 1.05. The van der Waals surface area contributed by atoms with Crippen LogP contribution in [0, 0.1) is 11.3 Å². The summed E-state index contributed by atoms with van der Waals surface area (Å²) < 4.78 is 49.8. The Morgan fingerprint density at radius 3 is 2.77 bits per heavy atom. The van der Waals surface area contributed by atoms with Gasteiger partial charge in [0.2, 0.25) is 5.82 Å². The van der Waals surface area contributed by atoms with Crippen LogP contribution in [0.4, 0.5) is 18.9 Å². The molecule has 0 bridgehead atoms. The minimum atomic E-state index is -4.61. The van der Waals surface area contributed by atoms with Crippen molar-refractivity contribution in [1.29, 1.82) is 5.26 Å². The highest BCUT2D eigenvalue weighted by molar-refractivity contribution is 7.12. The predicted molar refractivity (Wildman–Crippen MR) is 98.6 cm³/mol. The number of benzene rings is 1. The van der Waals surface area contributed by atoms with Crippen molar-refractivity contribution in [3.05, 3.63) is 52.1 Å². The lowest BCUT2D eigenvalue weighted by molar-refractivity contribution is -0.137. The van der Waals surface area contributed by atoms with E-state index < -0.39 is 17.7 Å². The van der Waals surface area contributed by atoms with Gasteiger partial charge in [0.15, 0.2) is 16.4 Å². The molecule has 2 heterocycles. The van der Waals surface area contributed by atoms with Gasteiger partial charge in [0, 0.05) is 6.20 Å². The number of allylic oxidation sites excluding steroid dienone is 1. The maximum atomic E-state index is 13.2. The number of nitrogens with zero attached hydrogens (tertiary/aromatic N) is 4. The van der Waals surface area contributed by atoms with Gasteiger partial charge in [-0.25, -0.2) is 4.79 Å². The Labute approximate surface area is 170 Å². The van der Waals surface area contributed by atoms with Crippen molar-refractivity contribution >= 4 is 28.6 Å². The van der Waals surface area contributed by atoms with E-state index in [0.717, 1.165) is 35.7 Å². The molecule has 0 radical (unpaired) electrons. The number of thiophene rings is 1. The number of methoxy groups -OCH3 is 1. The molecular formula is C17H11F3N6O3S. The molecule has 2 N–H and O–H groups in total. The molecule has 154 valence electrons. The fourth-order valence-corrected chi connectivity index (χ4v) is 2.95. The summed E-state index contributed by atoms with van der Waals surface area (Å²) in [5.41, 5.74) is -1.14. The second kappa shape index (κ2) is 8.62. The third-order valence-corrected chi connectivity index (χ3v) is 4.48. The largest absolute Gasteiger partial charge is 0.465 e. The number of carbonyl (C=O) groups is 1. The monoisotopic (exact) mass is 436 g/mol. The van der Waals surface area contributed by atoms with Crippen molar-refractivity contribution in [2.45, 2.75) is 6.18 Å². The van der Waals surface area contributed by atoms with Gasteiger partial charge < -0.3 is 14.8 Å². The summed E-state index contributed by atoms with van der Waals surface area (Å²) in [6, 6.07) is 6.02. The molecule has 1 aromatic carbocycles. The molecule has 30 heavy (non-hydrogen) atoms. The molecule has 0 aliphatic carbocycles. The van der Waals surface area contributed by atoms with Gasteiger partial charge in [0.1, 0.15) is 11.6 Å². The number of halogens is 3. The molecule has 9 nitrogen and oxygen atoms in total. The van der Waals surface area contributed by atoms with Crippen LogP contribution in [-0.4, -0.2) is 33.7 Å². The van der Waals surface area contributed by atoms with E-state index in [1.807, 2.05) is 6.07 Å². The number of nitrogens with one attached hydrogen (secondary N) is 2. The lowest BCUT2D eigenvalue weighted by atomic mass is 10.1. The first-order valence-electron chi connectivity index (χ1n) is 7.99. The summed E-state index contributed by atoms with van der Waals surface area (Å²) in [5, 5.41) is 26.2. The third kappa shape index (κ3) is 4.55. The van der Waals surface area contributed by atoms with Crippen molar-refractivity contribution in [1.82, 2.24) is 20.6 Å². The standard InChI is InChI=1S/C17H11F3N6O3S/c1-28-16(27)14-13(4-5-30-14)29-12-3-2-10(17(18,19)20)6-11(12)22-8-9(7-21)15-23-25-26-24-15/h2-6,8,22H,1H3,(H,23,24,25,26). The van der Waals surface area contributed by atoms with Gasteiger partial charge in [-0.05, 0) is 34.9 Å². The van der Waals surface area contributed by atoms with Crippen LogP contribution in [0.15, 0.2) is 35.8 Å². The molecule has 0 saturated heterocycles. The minimum Gasteiger partial charge on any atom is -0.465 e. The quantitative estimate of drug-likeness (QED) is 0.441. The normalized spacial score (nSPS) is 11.6. The highest BCUT2D eigenvalue weighted by Gasteiger charge is 2.31. The number of rotatable bonds is 6. The van der Waals surface area contributed by atoms with Gasteiger partial charge in [-0.1, -0.05) is 0 Å². The molecule has 0 aliphatic heterocycles. The number of carbonyl (C=O) groups excluding carboxylic acids is 1. The first kappa shape index (κ1) is 20.8. The maximum Gasteiger partial charge on any atom is 0.416 e. The average Bonchev–Trinajstić information content (AvgIpc) is 3.40. The number of aromatic amines is 1. The Morgan fingerprint density at radius 1 is 1.33 bits per heavy atom. The number of esters is 1. The summed E-state index contributed by atoms with van der Waals surface area (Å²) in [4.78, 5) is 12.0. The Hall–Kier alpha value is -3.92. The number of anilines is 1. The second-order valence-electron chi connectivity index (χ2n) is 5.47. The van der Waals surface area contributed by atoms with Crippen molar-refractivity contribution in [2.24, 2.45) is 0 Å². The highest BCUT2D eigenvalue weighted by Crippen LogP contribution is 2.38. The third-order valence-electron chi connectivity index (χ3n) is 3.61. The zero-order valence-electron chi connectivity index (χ0n) is 15.0. The Kier molecular flexibility index (Phi) is 5.98. The van der Waals surface area contributed by atoms with Crippen LogP contribution < -0.4 is 10.1 Å². The second-order valence-corrected chi connectivity index (χ2v) is 6.38. The summed E-state index contributed by atoms with van der Waals surface area (Å²) in [5.74, 6) is -0.610. The van der Waals surface area contributed by atoms with Crippen molar-refractivity contribution in [2.75, 3.05) is 12.4 Å². The van der Waals surface area contributed by atoms with E-state index in [1.54, 1.807) is 5.38 Å². The smallest absolute Gasteiger partial charge is 0.416 e. The topological polar surface area (TPSA) is 126 Å². The number of H-pyrrole nitrogens is 1. The SMILES string of the molecule is COC(=O)c1sccc1Oc1ccc(C(F)(F)F)cc1NC=C(C#N)c1nn[nH]n1. The molecule has 0 fully saturated rings. The number of hydrogen-bond acceptors (Lipinski definition) is 9. The van der Waals surface area contributed by atoms with Gasteiger partial charge in [-0.3, -0.25) is 0 Å². The van der Waals surface area contributed by atoms with E-state index in [9.17, 15) is 23.2 Å². The molecular weight excluding hydrogens is 425 g/mol. The van der Waals surface area contributed by atoms with E-state index in [4.69, 9.17) is 4.74 Å². The highest BCUT2D eigenvalue weighted by atomic mass is 32.1. The Morgan fingerprint density at radius 2 is 2.13 bits per heavy atom. The van der Waals surface area contributed by atoms with E-state index >= 15 is 0 Å². The molecule has 0 atom stereocenters. The molecule has 3 rings (SSSR count). The van der Waals surface area contributed by atoms with E-state index in [1.165, 1.54) is 13.2 Å². The molecule has 2 aromatic heterocycles. The van der Waals surface area contributed by atoms with Crippen molar-refractivity contribution < 1.29 is 27.4 Å². The first-order valence-corrected chi connectivity index (χ1v) is 8.87. The number of aromatic nitrogens is 4. The average molecular weight is 436 g/mol. The van der Waals surface area contributed by atoms with Crippen LogP contribution in [0.2, 0.25) is 0 Å². The lowest BCUT2D eigenvalue weighted by Crippen LogP contribution is -2.06. The Balaban J connectivity index is 1.98. The van der Waals surface area contributed by atoms with Crippen LogP contribution >= 0.6 is 11.3 Å². The van der Waals surface area contributed by atoms with Gasteiger partial charge in [0.25, 0.3) is 0 Å². The van der Waals surface area contributed by atoms with Crippen molar-refractivity contribution in [3.63, 3.8) is 0 Å². The summed E-state index contributed by atoms with van der Waals surface area (Å²) in [7, 11) is 1.20. The fraction of sp³-hybridized carbons (Fsp3) is 0.118. The summed E-state index contributed by atoms with van der Waals surface area (Å²) in [6.45, 7) is 0. The van der Waals surface area contributed by atoms with Gasteiger partial charge >= 0.3 is 12.1 Å². The lowest BCUT2D eigenvalue weighted by Gasteiger charge is -2.14. The molecule has 0 amide bonds. The first-order chi connectivity index (χ1) is 14.3. The molecule has 3 aromatic rings. The maximum absolute atomic E-state index is 13.2. The molecule has 0 aliphatic rings. The molecule has 0 saturated carbocycles. The van der Waals surface area contributed by atoms with E-state index in [2.05, 4.69) is 30.7 Å². The predicted octanol–water partition coefficient (Wildman–Crippen LogP) is 3.84. The molecule has 0 unspecified atom stereocenters. The number of alkyl halides is 3. The number of nitriles is 1. The van der Waals surface area contributed by atoms with Crippen LogP contribution in [-0.2, 0) is 10.9 Å². The van der Waals surface area contributed by atoms with Crippen LogP contribution in [0.3, 0.4) is 0 Å². The van der Waals surface area contributed by atoms with Crippen LogP contribution in [0.5, 0.6) is 11.5 Å². The zero-order chi connectivity index (χ0) is 21.7. The Bertz CT molecular complexity index is 1120. The minimum absolute atomic E-state index is 0.0202. The van der Waals surface area contributed by atoms with E-state index in [-0.39, 0.29) is 33.5 Å². The molecule has 13 heteroatoms. The number of ether oxygens (including phenoxy) is 2. The number of tetrazole rings is 1. The molecule has 0 spiro atoms. The van der Waals surface area contributed by atoms with Gasteiger partial charge in [0.05, 0.1) is 18.4 Å². The van der Waals surface area contributed by atoms with Gasteiger partial charge in [-0.15, -0.1) is 21.5 Å². The summed E-state index contributed by atoms with van der Waals surface area (Å²) in [6.07, 6.45) is -3.49. The number of hydrogen-bond donors (Lipinski definition) is 2. The van der Waals surface area contributed by atoms with Gasteiger partial charge in [-0.2, -0.15) is 23.6 Å².